The van der Waals surface area contributed by atoms with E-state index < -0.39 is 11.1 Å². The van der Waals surface area contributed by atoms with Gasteiger partial charge >= 0.3 is 6.18 Å². The van der Waals surface area contributed by atoms with Crippen LogP contribution in [0.4, 0.5) is 13.2 Å². The second-order valence-electron chi connectivity index (χ2n) is 5.44. The van der Waals surface area contributed by atoms with Crippen molar-refractivity contribution >= 4 is 11.8 Å². The Balaban J connectivity index is 0. The van der Waals surface area contributed by atoms with Crippen LogP contribution in [0.1, 0.15) is 51.7 Å². The minimum Gasteiger partial charge on any atom is -0.493 e. The number of halogens is 3. The maximum atomic E-state index is 12.2. The lowest BCUT2D eigenvalue weighted by molar-refractivity contribution is -0.0838. The first-order valence-electron chi connectivity index (χ1n) is 9.70. The normalized spacial score (nSPS) is 11.6. The standard InChI is InChI=1S/C9H10O.C8H12F3NS.C4H6.C2H6/c1-7-2-3-8-4-5-10-9(8)6-7;1-3-5-7(8(9,10)11)13-6-12-4-2;1-3-4-2;1-2/h2-3,6H,4-5H2,1H3;4-5,12H,2-3,6H2,1H3;1H,4H2,2H3;1-2H3/b;7-5-;;. The zero-order valence-electron chi connectivity index (χ0n) is 18.2. The first-order valence-corrected chi connectivity index (χ1v) is 10.7. The number of hydrogen-bond acceptors (Lipinski definition) is 3. The summed E-state index contributed by atoms with van der Waals surface area (Å²) < 4.78 is 42.0. The fourth-order valence-corrected chi connectivity index (χ4v) is 2.70. The monoisotopic (exact) mass is 429 g/mol. The molecule has 0 bridgehead atoms. The lowest BCUT2D eigenvalue weighted by Crippen LogP contribution is -2.12. The van der Waals surface area contributed by atoms with Gasteiger partial charge in [-0.2, -0.15) is 13.2 Å². The number of aryl methyl sites for hydroxylation is 1. The summed E-state index contributed by atoms with van der Waals surface area (Å²) in [6, 6.07) is 6.38. The van der Waals surface area contributed by atoms with Gasteiger partial charge in [-0.1, -0.05) is 52.5 Å². The third kappa shape index (κ3) is 14.6. The molecule has 1 aromatic carbocycles. The molecule has 1 heterocycles. The number of thioether (sulfide) groups is 1. The highest BCUT2D eigenvalue weighted by Gasteiger charge is 2.33. The molecule has 6 heteroatoms. The van der Waals surface area contributed by atoms with Crippen LogP contribution in [-0.4, -0.2) is 18.7 Å². The lowest BCUT2D eigenvalue weighted by atomic mass is 10.1. The van der Waals surface area contributed by atoms with Crippen molar-refractivity contribution in [2.75, 3.05) is 12.5 Å². The molecule has 29 heavy (non-hydrogen) atoms. The Morgan fingerprint density at radius 3 is 2.45 bits per heavy atom. The van der Waals surface area contributed by atoms with Gasteiger partial charge in [-0.25, -0.2) is 0 Å². The quantitative estimate of drug-likeness (QED) is 0.302. The largest absolute Gasteiger partial charge is 0.493 e. The fraction of sp³-hybridized carbons (Fsp3) is 0.478. The molecule has 1 N–H and O–H groups in total. The van der Waals surface area contributed by atoms with E-state index in [9.17, 15) is 13.2 Å². The Labute approximate surface area is 179 Å². The molecule has 0 amide bonds. The number of hydrogen-bond donors (Lipinski definition) is 1. The smallest absolute Gasteiger partial charge is 0.422 e. The Hall–Kier alpha value is -2.00. The maximum absolute atomic E-state index is 12.2. The Bertz CT molecular complexity index is 634. The summed E-state index contributed by atoms with van der Waals surface area (Å²) in [5.41, 5.74) is 2.63. The van der Waals surface area contributed by atoms with Crippen LogP contribution in [0.2, 0.25) is 0 Å². The lowest BCUT2D eigenvalue weighted by Gasteiger charge is -2.10. The molecule has 0 saturated heterocycles. The molecule has 2 nitrogen and oxygen atoms in total. The van der Waals surface area contributed by atoms with Crippen LogP contribution >= 0.6 is 11.8 Å². The average molecular weight is 430 g/mol. The summed E-state index contributed by atoms with van der Waals surface area (Å²) in [4.78, 5) is -0.552. The average Bonchev–Trinajstić information content (AvgIpc) is 3.16. The van der Waals surface area contributed by atoms with Gasteiger partial charge < -0.3 is 10.1 Å². The number of ether oxygens (including phenoxy) is 1. The van der Waals surface area contributed by atoms with Crippen molar-refractivity contribution < 1.29 is 17.9 Å². The maximum Gasteiger partial charge on any atom is 0.422 e. The van der Waals surface area contributed by atoms with E-state index >= 15 is 0 Å². The predicted molar refractivity (Wildman–Crippen MR) is 121 cm³/mol. The van der Waals surface area contributed by atoms with Crippen molar-refractivity contribution in [2.45, 2.75) is 60.1 Å². The third-order valence-electron chi connectivity index (χ3n) is 3.18. The zero-order chi connectivity index (χ0) is 22.7. The molecular weight excluding hydrogens is 395 g/mol. The van der Waals surface area contributed by atoms with Crippen LogP contribution in [0, 0.1) is 19.3 Å². The van der Waals surface area contributed by atoms with Gasteiger partial charge in [-0.15, -0.1) is 24.1 Å². The van der Waals surface area contributed by atoms with Crippen molar-refractivity contribution in [2.24, 2.45) is 0 Å². The molecule has 164 valence electrons. The second kappa shape index (κ2) is 18.1. The molecular formula is C23H34F3NOS. The van der Waals surface area contributed by atoms with E-state index in [-0.39, 0.29) is 5.88 Å². The molecule has 1 aromatic rings. The number of fused-ring (bicyclic) bond motifs is 1. The van der Waals surface area contributed by atoms with Gasteiger partial charge in [0.05, 0.1) is 17.4 Å². The summed E-state index contributed by atoms with van der Waals surface area (Å²) in [6.07, 6.45) is 5.40. The van der Waals surface area contributed by atoms with E-state index in [1.807, 2.05) is 20.8 Å². The summed E-state index contributed by atoms with van der Waals surface area (Å²) in [5.74, 6) is 3.70. The second-order valence-corrected chi connectivity index (χ2v) is 6.46. The van der Waals surface area contributed by atoms with Crippen LogP contribution in [0.3, 0.4) is 0 Å². The first-order chi connectivity index (χ1) is 13.8. The summed E-state index contributed by atoms with van der Waals surface area (Å²) >= 11 is 0.731. The van der Waals surface area contributed by atoms with Crippen molar-refractivity contribution in [3.63, 3.8) is 0 Å². The number of nitrogens with one attached hydrogen (secondary N) is 1. The minimum absolute atomic E-state index is 0.189. The van der Waals surface area contributed by atoms with Gasteiger partial charge in [-0.3, -0.25) is 0 Å². The molecule has 2 rings (SSSR count). The molecule has 0 radical (unpaired) electrons. The summed E-state index contributed by atoms with van der Waals surface area (Å²) in [7, 11) is 0. The topological polar surface area (TPSA) is 21.3 Å². The highest BCUT2D eigenvalue weighted by atomic mass is 32.2. The molecule has 0 aromatic heterocycles. The third-order valence-corrected chi connectivity index (χ3v) is 4.20. The molecule has 0 spiro atoms. The number of terminal acetylenes is 1. The summed E-state index contributed by atoms with van der Waals surface area (Å²) in [6.45, 7) is 13.9. The molecule has 0 fully saturated rings. The SMILES string of the molecule is C#CCC.C=CNCS/C(=C\CC)C(F)(F)F.CC.Cc1ccc2c(c1)OCC2. The van der Waals surface area contributed by atoms with E-state index in [2.05, 4.69) is 42.9 Å². The molecule has 0 aliphatic carbocycles. The molecule has 0 saturated carbocycles. The van der Waals surface area contributed by atoms with Crippen molar-refractivity contribution in [1.29, 1.82) is 0 Å². The first kappa shape index (κ1) is 29.2. The van der Waals surface area contributed by atoms with E-state index in [1.54, 1.807) is 6.92 Å². The van der Waals surface area contributed by atoms with Crippen molar-refractivity contribution in [3.05, 3.63) is 53.1 Å². The minimum atomic E-state index is -4.23. The van der Waals surface area contributed by atoms with E-state index in [0.717, 1.165) is 37.0 Å². The van der Waals surface area contributed by atoms with Gasteiger partial charge in [0, 0.05) is 12.8 Å². The van der Waals surface area contributed by atoms with Crippen LogP contribution in [0.25, 0.3) is 0 Å². The van der Waals surface area contributed by atoms with Crippen LogP contribution in [0.5, 0.6) is 5.75 Å². The zero-order valence-corrected chi connectivity index (χ0v) is 19.0. The highest BCUT2D eigenvalue weighted by Crippen LogP contribution is 2.34. The summed E-state index contributed by atoms with van der Waals surface area (Å²) in [5, 5.41) is 2.60. The number of alkyl halides is 3. The number of allylic oxidation sites excluding steroid dienone is 2. The Kier molecular flexibility index (Phi) is 18.2. The number of rotatable bonds is 5. The van der Waals surface area contributed by atoms with Gasteiger partial charge in [-0.05, 0) is 36.7 Å². The predicted octanol–water partition coefficient (Wildman–Crippen LogP) is 7.25. The van der Waals surface area contributed by atoms with Gasteiger partial charge in [0.2, 0.25) is 0 Å². The van der Waals surface area contributed by atoms with Crippen LogP contribution in [-0.2, 0) is 6.42 Å². The van der Waals surface area contributed by atoms with Crippen molar-refractivity contribution in [3.8, 4) is 18.1 Å². The van der Waals surface area contributed by atoms with Crippen molar-refractivity contribution in [1.82, 2.24) is 5.32 Å². The van der Waals surface area contributed by atoms with Gasteiger partial charge in [0.25, 0.3) is 0 Å². The highest BCUT2D eigenvalue weighted by molar-refractivity contribution is 8.03. The van der Waals surface area contributed by atoms with E-state index in [1.165, 1.54) is 23.4 Å². The molecule has 1 aliphatic rings. The van der Waals surface area contributed by atoms with Crippen LogP contribution in [0.15, 0.2) is 42.0 Å². The molecule has 0 unspecified atom stereocenters. The molecule has 0 atom stereocenters. The van der Waals surface area contributed by atoms with E-state index in [4.69, 9.17) is 11.2 Å². The number of benzene rings is 1. The Morgan fingerprint density at radius 1 is 1.34 bits per heavy atom. The van der Waals surface area contributed by atoms with E-state index in [0.29, 0.717) is 6.42 Å². The van der Waals surface area contributed by atoms with Crippen LogP contribution < -0.4 is 10.1 Å². The van der Waals surface area contributed by atoms with Gasteiger partial charge in [0.1, 0.15) is 5.75 Å². The Morgan fingerprint density at radius 2 is 1.97 bits per heavy atom. The molecule has 1 aliphatic heterocycles. The fourth-order valence-electron chi connectivity index (χ4n) is 1.89. The van der Waals surface area contributed by atoms with Gasteiger partial charge in [0.15, 0.2) is 0 Å².